The normalized spacial score (nSPS) is 45.0. The summed E-state index contributed by atoms with van der Waals surface area (Å²) in [7, 11) is 0. The van der Waals surface area contributed by atoms with Crippen molar-refractivity contribution in [3.63, 3.8) is 0 Å². The molecule has 0 aromatic heterocycles. The monoisotopic (exact) mass is 751 g/mol. The molecule has 3 rings (SSSR count). The number of rotatable bonds is 15. The largest absolute Gasteiger partial charge is 0.393 e. The predicted octanol–water partition coefficient (Wildman–Crippen LogP) is 0.278. The zero-order valence-corrected chi connectivity index (χ0v) is 33.8. The molecule has 1 aliphatic carbocycles. The van der Waals surface area contributed by atoms with Gasteiger partial charge in [-0.15, -0.1) is 0 Å². The second-order valence-corrected chi connectivity index (χ2v) is 18.5. The lowest BCUT2D eigenvalue weighted by atomic mass is 9.58. The summed E-state index contributed by atoms with van der Waals surface area (Å²) in [6.07, 6.45) is -2.31. The first-order chi connectivity index (χ1) is 23.2. The molecule has 15 nitrogen and oxygen atoms in total. The number of nitrogens with one attached hydrogen (secondary N) is 1. The maximum atomic E-state index is 12.6. The van der Waals surface area contributed by atoms with Gasteiger partial charge in [-0.1, -0.05) is 13.8 Å². The second-order valence-electron chi connectivity index (χ2n) is 18.5. The lowest BCUT2D eigenvalue weighted by molar-refractivity contribution is -0.413. The fourth-order valence-corrected chi connectivity index (χ4v) is 8.42. The molecule has 52 heavy (non-hydrogen) atoms. The number of hydrogen-bond acceptors (Lipinski definition) is 14. The van der Waals surface area contributed by atoms with Crippen LogP contribution in [0.4, 0.5) is 0 Å². The Morgan fingerprint density at radius 3 is 1.85 bits per heavy atom. The van der Waals surface area contributed by atoms with E-state index in [4.69, 9.17) is 23.7 Å². The van der Waals surface area contributed by atoms with E-state index in [0.717, 1.165) is 12.8 Å². The Hall–Kier alpha value is -1.05. The molecule has 8 unspecified atom stereocenters. The number of carbonyl (C=O) groups excluding carboxylic acids is 1. The van der Waals surface area contributed by atoms with Gasteiger partial charge in [0.05, 0.1) is 56.2 Å². The zero-order chi connectivity index (χ0) is 40.6. The predicted molar refractivity (Wildman–Crippen MR) is 189 cm³/mol. The van der Waals surface area contributed by atoms with Gasteiger partial charge in [0, 0.05) is 6.92 Å². The van der Waals surface area contributed by atoms with Gasteiger partial charge in [-0.25, -0.2) is 0 Å². The van der Waals surface area contributed by atoms with Crippen LogP contribution in [0.3, 0.4) is 0 Å². The highest BCUT2D eigenvalue weighted by molar-refractivity contribution is 5.73. The molecule has 2 aliphatic heterocycles. The van der Waals surface area contributed by atoms with Gasteiger partial charge < -0.3 is 69.9 Å². The van der Waals surface area contributed by atoms with Crippen molar-refractivity contribution in [2.75, 3.05) is 33.0 Å². The van der Waals surface area contributed by atoms with Crippen molar-refractivity contribution in [3.8, 4) is 0 Å². The summed E-state index contributed by atoms with van der Waals surface area (Å²) >= 11 is 0. The first-order valence-electron chi connectivity index (χ1n) is 18.2. The van der Waals surface area contributed by atoms with Crippen LogP contribution in [0.1, 0.15) is 110 Å². The smallest absolute Gasteiger partial charge is 0.217 e. The number of aliphatic hydroxyl groups excluding tert-OH is 4. The van der Waals surface area contributed by atoms with Gasteiger partial charge in [-0.2, -0.15) is 0 Å². The van der Waals surface area contributed by atoms with E-state index in [9.17, 15) is 45.6 Å². The first-order valence-corrected chi connectivity index (χ1v) is 18.2. The number of ether oxygens (including phenoxy) is 5. The lowest BCUT2D eigenvalue weighted by Gasteiger charge is -2.65. The van der Waals surface area contributed by atoms with Crippen molar-refractivity contribution in [2.24, 2.45) is 10.8 Å². The molecule has 0 aromatic rings. The van der Waals surface area contributed by atoms with Gasteiger partial charge in [-0.05, 0) is 94.4 Å². The fraction of sp³-hybridized carbons (Fsp3) is 0.973. The lowest BCUT2D eigenvalue weighted by Crippen LogP contribution is -2.85. The molecule has 2 saturated heterocycles. The molecule has 0 spiro atoms. The van der Waals surface area contributed by atoms with Crippen LogP contribution in [-0.4, -0.2) is 155 Å². The summed E-state index contributed by atoms with van der Waals surface area (Å²) in [5.74, 6) is -0.344. The van der Waals surface area contributed by atoms with Gasteiger partial charge in [0.15, 0.2) is 6.29 Å². The van der Waals surface area contributed by atoms with Gasteiger partial charge in [0.2, 0.25) is 5.91 Å². The number of carbonyl (C=O) groups is 1. The summed E-state index contributed by atoms with van der Waals surface area (Å²) in [5.41, 5.74) is -17.8. The van der Waals surface area contributed by atoms with Crippen LogP contribution >= 0.6 is 0 Å². The van der Waals surface area contributed by atoms with Gasteiger partial charge in [-0.3, -0.25) is 4.79 Å². The minimum Gasteiger partial charge on any atom is -0.393 e. The Kier molecular flexibility index (Phi) is 12.1. The van der Waals surface area contributed by atoms with Gasteiger partial charge in [0.1, 0.15) is 50.9 Å². The van der Waals surface area contributed by atoms with Gasteiger partial charge in [0.25, 0.3) is 0 Å². The molecule has 3 fully saturated rings. The summed E-state index contributed by atoms with van der Waals surface area (Å²) in [6.45, 7) is 19.0. The molecule has 9 N–H and O–H groups in total. The molecule has 13 atom stereocenters. The van der Waals surface area contributed by atoms with E-state index in [0.29, 0.717) is 0 Å². The Balaban J connectivity index is 1.97. The van der Waals surface area contributed by atoms with E-state index in [2.05, 4.69) is 5.32 Å². The van der Waals surface area contributed by atoms with Crippen LogP contribution in [0.5, 0.6) is 0 Å². The maximum Gasteiger partial charge on any atom is 0.217 e. The average molecular weight is 752 g/mol. The standard InChI is InChI=1S/C37H69NO14/c1-22-24(42)34(11,44)31(8,27(3,4)50-22)20-48-19-30(7,25(38-23(2)41)28(5)15-16-28)51-29(6,17-39)26(43)49-21-33(10)36(13,46)37(14,47)35(12,45)32(9,18-40)52-33/h22,24-26,39-40,42-47H,15-21H2,1-14H3,(H,38,41)/t22-,24?,25?,26?,29?,30+,31+,32?,33-,34?,35-,36?,37?/m0/s1. The topological polar surface area (TPSA) is 237 Å². The molecule has 0 bridgehead atoms. The molecule has 2 heterocycles. The number of amides is 1. The highest BCUT2D eigenvalue weighted by Crippen LogP contribution is 2.55. The van der Waals surface area contributed by atoms with E-state index < -0.39 is 106 Å². The first kappa shape index (κ1) is 45.3. The van der Waals surface area contributed by atoms with Crippen LogP contribution < -0.4 is 5.32 Å². The molecule has 15 heteroatoms. The van der Waals surface area contributed by atoms with Crippen molar-refractivity contribution < 1.29 is 69.3 Å². The minimum atomic E-state index is -2.26. The van der Waals surface area contributed by atoms with E-state index in [1.54, 1.807) is 20.8 Å². The average Bonchev–Trinajstić information content (AvgIpc) is 3.77. The Morgan fingerprint density at radius 1 is 0.865 bits per heavy atom. The van der Waals surface area contributed by atoms with E-state index in [-0.39, 0.29) is 19.1 Å². The van der Waals surface area contributed by atoms with Crippen LogP contribution in [0.15, 0.2) is 0 Å². The molecular weight excluding hydrogens is 682 g/mol. The molecule has 1 amide bonds. The molecule has 0 aromatic carbocycles. The quantitative estimate of drug-likeness (QED) is 0.102. The van der Waals surface area contributed by atoms with Crippen LogP contribution in [-0.2, 0) is 28.5 Å². The van der Waals surface area contributed by atoms with Crippen molar-refractivity contribution in [1.82, 2.24) is 5.32 Å². The highest BCUT2D eigenvalue weighted by atomic mass is 16.7. The van der Waals surface area contributed by atoms with E-state index in [1.165, 1.54) is 55.4 Å². The Morgan fingerprint density at radius 2 is 1.38 bits per heavy atom. The second kappa shape index (κ2) is 13.9. The molecule has 0 radical (unpaired) electrons. The van der Waals surface area contributed by atoms with Crippen LogP contribution in [0.25, 0.3) is 0 Å². The molecule has 3 aliphatic rings. The number of hydrogen-bond donors (Lipinski definition) is 9. The van der Waals surface area contributed by atoms with Crippen molar-refractivity contribution >= 4 is 5.91 Å². The molecule has 306 valence electrons. The summed E-state index contributed by atoms with van der Waals surface area (Å²) < 4.78 is 31.1. The minimum absolute atomic E-state index is 0.119. The van der Waals surface area contributed by atoms with Crippen molar-refractivity contribution in [2.45, 2.75) is 185 Å². The third-order valence-corrected chi connectivity index (χ3v) is 13.9. The third kappa shape index (κ3) is 6.98. The fourth-order valence-electron chi connectivity index (χ4n) is 8.42. The maximum absolute atomic E-state index is 12.6. The third-order valence-electron chi connectivity index (χ3n) is 13.9. The van der Waals surface area contributed by atoms with Crippen molar-refractivity contribution in [1.29, 1.82) is 0 Å². The van der Waals surface area contributed by atoms with Gasteiger partial charge >= 0.3 is 0 Å². The summed E-state index contributed by atoms with van der Waals surface area (Å²) in [5, 5.41) is 92.6. The zero-order valence-electron chi connectivity index (χ0n) is 33.8. The summed E-state index contributed by atoms with van der Waals surface area (Å²) in [6, 6.07) is -0.701. The molecule has 1 saturated carbocycles. The van der Waals surface area contributed by atoms with Crippen LogP contribution in [0.2, 0.25) is 0 Å². The van der Waals surface area contributed by atoms with Crippen molar-refractivity contribution in [3.05, 3.63) is 0 Å². The SMILES string of the molecule is CC(=O)NC(C1(C)CC1)[C@@](C)(COC[C@]1(C)C(C)(C)O[C@@H](C)C(O)C1(C)O)OC(C)(CO)C(O)OC[C@]1(C)OC(C)(CO)[C@](C)(O)C(C)(O)C1(C)O. The highest BCUT2D eigenvalue weighted by Gasteiger charge is 2.74. The summed E-state index contributed by atoms with van der Waals surface area (Å²) in [4.78, 5) is 12.6. The molecular formula is C37H69NO14. The van der Waals surface area contributed by atoms with E-state index in [1.807, 2.05) is 20.8 Å². The van der Waals surface area contributed by atoms with Crippen LogP contribution in [0, 0.1) is 10.8 Å². The Bertz CT molecular complexity index is 1300. The van der Waals surface area contributed by atoms with E-state index >= 15 is 0 Å². The number of aliphatic hydroxyl groups is 8. The Labute approximate surface area is 308 Å².